The minimum absolute atomic E-state index is 0.211. The van der Waals surface area contributed by atoms with Crippen LogP contribution < -0.4 is 16.6 Å². The van der Waals surface area contributed by atoms with Crippen LogP contribution in [-0.4, -0.2) is 15.0 Å². The number of nitrogens with zero attached hydrogens (tertiary/aromatic N) is 2. The Labute approximate surface area is 173 Å². The summed E-state index contributed by atoms with van der Waals surface area (Å²) in [6.07, 6.45) is 2.64. The summed E-state index contributed by atoms with van der Waals surface area (Å²) in [5.74, 6) is -0.387. The van der Waals surface area contributed by atoms with E-state index >= 15 is 0 Å². The molecule has 1 amide bonds. The summed E-state index contributed by atoms with van der Waals surface area (Å²) < 4.78 is 2.57. The quantitative estimate of drug-likeness (QED) is 0.596. The molecule has 1 heterocycles. The van der Waals surface area contributed by atoms with Crippen LogP contribution in [0.25, 0.3) is 10.9 Å². The van der Waals surface area contributed by atoms with E-state index in [4.69, 9.17) is 11.6 Å². The predicted octanol–water partition coefficient (Wildman–Crippen LogP) is 3.95. The summed E-state index contributed by atoms with van der Waals surface area (Å²) in [4.78, 5) is 38.5. The molecule has 3 aromatic rings. The lowest BCUT2D eigenvalue weighted by Crippen LogP contribution is -2.41. The molecule has 3 rings (SSSR count). The number of amides is 1. The standard InChI is InChI=1S/C22H24ClN3O3/c1-3-4-7-12-25-21(28)16-8-5-6-9-19(16)26(22(25)29)14-20(27)24-18-11-10-15(2)13-17(18)23/h5-6,8-11,13H,3-4,7,12,14H2,1-2H3,(H,24,27). The van der Waals surface area contributed by atoms with Crippen LogP contribution in [0, 0.1) is 6.92 Å². The molecule has 0 saturated carbocycles. The number of para-hydroxylation sites is 1. The van der Waals surface area contributed by atoms with Gasteiger partial charge in [-0.2, -0.15) is 0 Å². The monoisotopic (exact) mass is 413 g/mol. The Morgan fingerprint density at radius 3 is 2.55 bits per heavy atom. The molecule has 1 aromatic heterocycles. The highest BCUT2D eigenvalue weighted by atomic mass is 35.5. The van der Waals surface area contributed by atoms with Gasteiger partial charge in [-0.3, -0.25) is 18.7 Å². The average Bonchev–Trinajstić information content (AvgIpc) is 2.70. The first-order valence-electron chi connectivity index (χ1n) is 9.70. The number of nitrogens with one attached hydrogen (secondary N) is 1. The minimum Gasteiger partial charge on any atom is -0.323 e. The summed E-state index contributed by atoms with van der Waals surface area (Å²) in [5.41, 5.74) is 1.11. The van der Waals surface area contributed by atoms with Gasteiger partial charge in [0.05, 0.1) is 21.6 Å². The van der Waals surface area contributed by atoms with E-state index in [0.29, 0.717) is 28.2 Å². The number of unbranched alkanes of at least 4 members (excludes halogenated alkanes) is 2. The Hall–Kier alpha value is -2.86. The first-order chi connectivity index (χ1) is 13.9. The van der Waals surface area contributed by atoms with Gasteiger partial charge in [-0.15, -0.1) is 0 Å². The van der Waals surface area contributed by atoms with Gasteiger partial charge in [0.15, 0.2) is 0 Å². The molecule has 29 heavy (non-hydrogen) atoms. The average molecular weight is 414 g/mol. The highest BCUT2D eigenvalue weighted by molar-refractivity contribution is 6.33. The van der Waals surface area contributed by atoms with Gasteiger partial charge in [-0.05, 0) is 43.2 Å². The number of aryl methyl sites for hydroxylation is 1. The molecule has 0 aliphatic carbocycles. The Bertz CT molecular complexity index is 1160. The first kappa shape index (κ1) is 20.9. The molecule has 7 heteroatoms. The SMILES string of the molecule is CCCCCn1c(=O)c2ccccc2n(CC(=O)Nc2ccc(C)cc2Cl)c1=O. The van der Waals surface area contributed by atoms with Gasteiger partial charge < -0.3 is 5.32 Å². The molecule has 0 aliphatic rings. The van der Waals surface area contributed by atoms with Crippen molar-refractivity contribution in [2.24, 2.45) is 0 Å². The predicted molar refractivity (Wildman–Crippen MR) is 117 cm³/mol. The third kappa shape index (κ3) is 4.59. The van der Waals surface area contributed by atoms with Crippen molar-refractivity contribution in [1.82, 2.24) is 9.13 Å². The number of hydrogen-bond acceptors (Lipinski definition) is 3. The fraction of sp³-hybridized carbons (Fsp3) is 0.318. The van der Waals surface area contributed by atoms with E-state index in [1.165, 1.54) is 9.13 Å². The number of fused-ring (bicyclic) bond motifs is 1. The van der Waals surface area contributed by atoms with Crippen molar-refractivity contribution in [3.8, 4) is 0 Å². The van der Waals surface area contributed by atoms with Crippen molar-refractivity contribution < 1.29 is 4.79 Å². The fourth-order valence-electron chi connectivity index (χ4n) is 3.30. The number of carbonyl (C=O) groups excluding carboxylic acids is 1. The van der Waals surface area contributed by atoms with Crippen molar-refractivity contribution in [2.75, 3.05) is 5.32 Å². The van der Waals surface area contributed by atoms with Gasteiger partial charge in [-0.1, -0.05) is 49.6 Å². The van der Waals surface area contributed by atoms with Gasteiger partial charge in [0.25, 0.3) is 5.56 Å². The molecule has 2 aromatic carbocycles. The third-order valence-electron chi connectivity index (χ3n) is 4.82. The number of hydrogen-bond donors (Lipinski definition) is 1. The highest BCUT2D eigenvalue weighted by Gasteiger charge is 2.15. The molecule has 1 N–H and O–H groups in total. The Kier molecular flexibility index (Phi) is 6.54. The molecule has 0 saturated heterocycles. The topological polar surface area (TPSA) is 73.1 Å². The summed E-state index contributed by atoms with van der Waals surface area (Å²) in [6, 6.07) is 12.2. The normalized spacial score (nSPS) is 11.0. The number of benzene rings is 2. The van der Waals surface area contributed by atoms with Crippen molar-refractivity contribution in [2.45, 2.75) is 46.2 Å². The van der Waals surface area contributed by atoms with Crippen LogP contribution >= 0.6 is 11.6 Å². The highest BCUT2D eigenvalue weighted by Crippen LogP contribution is 2.22. The lowest BCUT2D eigenvalue weighted by Gasteiger charge is -2.14. The second-order valence-electron chi connectivity index (χ2n) is 7.08. The largest absolute Gasteiger partial charge is 0.331 e. The van der Waals surface area contributed by atoms with Gasteiger partial charge in [0.2, 0.25) is 5.91 Å². The van der Waals surface area contributed by atoms with E-state index in [1.54, 1.807) is 36.4 Å². The lowest BCUT2D eigenvalue weighted by molar-refractivity contribution is -0.116. The van der Waals surface area contributed by atoms with Crippen molar-refractivity contribution in [3.63, 3.8) is 0 Å². The summed E-state index contributed by atoms with van der Waals surface area (Å²) >= 11 is 6.19. The second-order valence-corrected chi connectivity index (χ2v) is 7.49. The van der Waals surface area contributed by atoms with Crippen molar-refractivity contribution in [1.29, 1.82) is 0 Å². The molecule has 0 fully saturated rings. The zero-order valence-electron chi connectivity index (χ0n) is 16.6. The number of anilines is 1. The molecule has 152 valence electrons. The fourth-order valence-corrected chi connectivity index (χ4v) is 3.58. The van der Waals surface area contributed by atoms with Crippen LogP contribution in [-0.2, 0) is 17.9 Å². The van der Waals surface area contributed by atoms with Crippen LogP contribution in [0.5, 0.6) is 0 Å². The van der Waals surface area contributed by atoms with Gasteiger partial charge in [0, 0.05) is 6.54 Å². The number of rotatable bonds is 7. The van der Waals surface area contributed by atoms with E-state index in [2.05, 4.69) is 12.2 Å². The number of carbonyl (C=O) groups is 1. The third-order valence-corrected chi connectivity index (χ3v) is 5.13. The van der Waals surface area contributed by atoms with Gasteiger partial charge in [-0.25, -0.2) is 4.79 Å². The minimum atomic E-state index is -0.477. The summed E-state index contributed by atoms with van der Waals surface area (Å²) in [6.45, 7) is 4.09. The van der Waals surface area contributed by atoms with Crippen LogP contribution in [0.2, 0.25) is 5.02 Å². The molecule has 0 spiro atoms. The molecule has 0 aliphatic heterocycles. The van der Waals surface area contributed by atoms with Crippen molar-refractivity contribution in [3.05, 3.63) is 73.9 Å². The zero-order chi connectivity index (χ0) is 21.0. The number of aromatic nitrogens is 2. The molecule has 6 nitrogen and oxygen atoms in total. The molecule has 0 unspecified atom stereocenters. The van der Waals surface area contributed by atoms with Crippen LogP contribution in [0.1, 0.15) is 31.7 Å². The van der Waals surface area contributed by atoms with E-state index in [-0.39, 0.29) is 18.0 Å². The second kappa shape index (κ2) is 9.09. The Morgan fingerprint density at radius 2 is 1.83 bits per heavy atom. The van der Waals surface area contributed by atoms with Crippen LogP contribution in [0.4, 0.5) is 5.69 Å². The first-order valence-corrected chi connectivity index (χ1v) is 10.1. The molecule has 0 radical (unpaired) electrons. The van der Waals surface area contributed by atoms with Crippen LogP contribution in [0.3, 0.4) is 0 Å². The van der Waals surface area contributed by atoms with E-state index in [1.807, 2.05) is 13.0 Å². The number of halogens is 1. The maximum Gasteiger partial charge on any atom is 0.331 e. The van der Waals surface area contributed by atoms with Gasteiger partial charge >= 0.3 is 5.69 Å². The smallest absolute Gasteiger partial charge is 0.323 e. The lowest BCUT2D eigenvalue weighted by atomic mass is 10.2. The molecule has 0 atom stereocenters. The molecular formula is C22H24ClN3O3. The Balaban J connectivity index is 1.98. The summed E-state index contributed by atoms with van der Waals surface area (Å²) in [7, 11) is 0. The maximum absolute atomic E-state index is 13.0. The van der Waals surface area contributed by atoms with E-state index in [0.717, 1.165) is 24.8 Å². The van der Waals surface area contributed by atoms with E-state index in [9.17, 15) is 14.4 Å². The molecular weight excluding hydrogens is 390 g/mol. The van der Waals surface area contributed by atoms with E-state index < -0.39 is 5.69 Å². The maximum atomic E-state index is 13.0. The van der Waals surface area contributed by atoms with Crippen LogP contribution in [0.15, 0.2) is 52.1 Å². The summed E-state index contributed by atoms with van der Waals surface area (Å²) in [5, 5.41) is 3.60. The zero-order valence-corrected chi connectivity index (χ0v) is 17.3. The molecule has 0 bridgehead atoms. The van der Waals surface area contributed by atoms with Gasteiger partial charge in [0.1, 0.15) is 6.54 Å². The Morgan fingerprint density at radius 1 is 1.07 bits per heavy atom. The van der Waals surface area contributed by atoms with Crippen molar-refractivity contribution >= 4 is 34.1 Å².